The number of hydrogen-bond donors (Lipinski definition) is 0. The predicted octanol–water partition coefficient (Wildman–Crippen LogP) is 2.25. The van der Waals surface area contributed by atoms with E-state index in [1.165, 1.54) is 22.5 Å². The second-order valence-corrected chi connectivity index (χ2v) is 5.26. The van der Waals surface area contributed by atoms with Crippen LogP contribution in [-0.2, 0) is 0 Å². The molecule has 0 amide bonds. The van der Waals surface area contributed by atoms with Crippen LogP contribution in [0.3, 0.4) is 0 Å². The van der Waals surface area contributed by atoms with Gasteiger partial charge in [0.25, 0.3) is 0 Å². The molecule has 2 aliphatic rings. The highest BCUT2D eigenvalue weighted by Gasteiger charge is 2.40. The van der Waals surface area contributed by atoms with E-state index in [1.54, 1.807) is 7.11 Å². The van der Waals surface area contributed by atoms with Crippen LogP contribution in [0.4, 0.5) is 0 Å². The molecule has 4 heteroatoms. The molecule has 0 spiro atoms. The number of imidazole rings is 1. The lowest BCUT2D eigenvalue weighted by Gasteiger charge is -2.23. The Morgan fingerprint density at radius 1 is 1.35 bits per heavy atom. The van der Waals surface area contributed by atoms with Crippen LogP contribution >= 0.6 is 0 Å². The summed E-state index contributed by atoms with van der Waals surface area (Å²) in [5.74, 6) is 2.24. The first kappa shape index (κ1) is 11.5. The summed E-state index contributed by atoms with van der Waals surface area (Å²) in [4.78, 5) is 4.54. The Morgan fingerprint density at radius 3 is 3.00 bits per heavy atom. The van der Waals surface area contributed by atoms with Crippen molar-refractivity contribution >= 4 is 5.71 Å². The lowest BCUT2D eigenvalue weighted by Crippen LogP contribution is -2.27. The number of methoxy groups -OCH3 is 1. The third-order valence-corrected chi connectivity index (χ3v) is 4.25. The van der Waals surface area contributed by atoms with E-state index in [2.05, 4.69) is 46.4 Å². The number of aromatic nitrogens is 2. The van der Waals surface area contributed by atoms with Crippen LogP contribution in [0.25, 0.3) is 5.69 Å². The van der Waals surface area contributed by atoms with Gasteiger partial charge in [-0.05, 0) is 19.1 Å². The highest BCUT2D eigenvalue weighted by Crippen LogP contribution is 2.39. The summed E-state index contributed by atoms with van der Waals surface area (Å²) in [7, 11) is 3.81. The molecule has 0 aliphatic carbocycles. The van der Waals surface area contributed by atoms with E-state index in [-0.39, 0.29) is 5.92 Å². The summed E-state index contributed by atoms with van der Waals surface area (Å²) in [6, 6.07) is 4.14. The zero-order valence-electron chi connectivity index (χ0n) is 11.8. The van der Waals surface area contributed by atoms with E-state index < -0.39 is 0 Å². The van der Waals surface area contributed by atoms with Crippen molar-refractivity contribution < 1.29 is 9.31 Å². The molecule has 1 atom stereocenters. The minimum atomic E-state index is 0.230. The monoisotopic (exact) mass is 266 g/mol. The fraction of sp³-hybridized carbons (Fsp3) is 0.250. The van der Waals surface area contributed by atoms with Crippen molar-refractivity contribution in [1.29, 1.82) is 0 Å². The van der Waals surface area contributed by atoms with Crippen LogP contribution in [0.15, 0.2) is 36.8 Å². The van der Waals surface area contributed by atoms with E-state index in [9.17, 15) is 0 Å². The number of rotatable bonds is 1. The Hall–Kier alpha value is -2.36. The standard InChI is InChI=1S/C16H16N3O/c1-10-13(20-3)5-4-12-14(10)15-11(6-8-18(15)2)16-17-7-9-19(12)16/h4-9,11H,1-3H3/q+1. The quantitative estimate of drug-likeness (QED) is 0.741. The SMILES string of the molecule is COc1ccc2c(c1C)C1=[N+](C)C=CC1c1nccn1-2. The van der Waals surface area contributed by atoms with Crippen molar-refractivity contribution in [2.45, 2.75) is 12.8 Å². The molecular formula is C16H16N3O+. The van der Waals surface area contributed by atoms with Crippen LogP contribution in [0.2, 0.25) is 0 Å². The van der Waals surface area contributed by atoms with E-state index >= 15 is 0 Å². The first-order chi connectivity index (χ1) is 9.72. The van der Waals surface area contributed by atoms with E-state index in [0.29, 0.717) is 0 Å². The van der Waals surface area contributed by atoms with Crippen molar-refractivity contribution in [3.05, 3.63) is 53.8 Å². The number of benzene rings is 1. The normalized spacial score (nSPS) is 18.9. The molecule has 4 rings (SSSR count). The van der Waals surface area contributed by atoms with Crippen LogP contribution in [0.5, 0.6) is 5.75 Å². The van der Waals surface area contributed by atoms with Crippen molar-refractivity contribution in [2.24, 2.45) is 0 Å². The molecule has 100 valence electrons. The smallest absolute Gasteiger partial charge is 0.205 e. The second-order valence-electron chi connectivity index (χ2n) is 5.26. The first-order valence-electron chi connectivity index (χ1n) is 6.72. The fourth-order valence-corrected chi connectivity index (χ4v) is 3.32. The lowest BCUT2D eigenvalue weighted by molar-refractivity contribution is -0.418. The molecule has 1 unspecified atom stereocenters. The largest absolute Gasteiger partial charge is 0.496 e. The molecule has 0 N–H and O–H groups in total. The molecule has 2 aromatic rings. The average molecular weight is 266 g/mol. The van der Waals surface area contributed by atoms with Gasteiger partial charge in [0, 0.05) is 24.0 Å². The maximum absolute atomic E-state index is 5.49. The van der Waals surface area contributed by atoms with Crippen molar-refractivity contribution in [1.82, 2.24) is 9.55 Å². The molecule has 0 fully saturated rings. The van der Waals surface area contributed by atoms with Crippen molar-refractivity contribution in [3.63, 3.8) is 0 Å². The highest BCUT2D eigenvalue weighted by molar-refractivity contribution is 6.09. The Labute approximate surface area is 117 Å². The molecule has 0 saturated heterocycles. The van der Waals surface area contributed by atoms with Gasteiger partial charge in [0.15, 0.2) is 6.20 Å². The number of hydrogen-bond acceptors (Lipinski definition) is 2. The summed E-state index contributed by atoms with van der Waals surface area (Å²) >= 11 is 0. The van der Waals surface area contributed by atoms with Crippen molar-refractivity contribution in [2.75, 3.05) is 14.2 Å². The molecule has 0 radical (unpaired) electrons. The summed E-state index contributed by atoms with van der Waals surface area (Å²) < 4.78 is 9.86. The van der Waals surface area contributed by atoms with E-state index in [4.69, 9.17) is 4.74 Å². The van der Waals surface area contributed by atoms with E-state index in [1.807, 2.05) is 18.5 Å². The molecule has 4 nitrogen and oxygen atoms in total. The van der Waals surface area contributed by atoms with E-state index in [0.717, 1.165) is 11.6 Å². The maximum atomic E-state index is 5.49. The van der Waals surface area contributed by atoms with Crippen LogP contribution in [0.1, 0.15) is 22.9 Å². The molecule has 3 heterocycles. The zero-order valence-corrected chi connectivity index (χ0v) is 11.8. The van der Waals surface area contributed by atoms with Crippen molar-refractivity contribution in [3.8, 4) is 11.4 Å². The van der Waals surface area contributed by atoms with Gasteiger partial charge in [0.2, 0.25) is 5.71 Å². The minimum absolute atomic E-state index is 0.230. The number of nitrogens with zero attached hydrogens (tertiary/aromatic N) is 3. The molecule has 2 aliphatic heterocycles. The lowest BCUT2D eigenvalue weighted by atomic mass is 9.88. The summed E-state index contributed by atoms with van der Waals surface area (Å²) in [5, 5.41) is 0. The van der Waals surface area contributed by atoms with Gasteiger partial charge in [-0.1, -0.05) is 0 Å². The molecule has 0 saturated carbocycles. The van der Waals surface area contributed by atoms with Gasteiger partial charge in [-0.15, -0.1) is 0 Å². The summed E-state index contributed by atoms with van der Waals surface area (Å²) in [6.07, 6.45) is 8.22. The highest BCUT2D eigenvalue weighted by atomic mass is 16.5. The van der Waals surface area contributed by atoms with Gasteiger partial charge >= 0.3 is 0 Å². The minimum Gasteiger partial charge on any atom is -0.496 e. The van der Waals surface area contributed by atoms with Gasteiger partial charge in [0.1, 0.15) is 24.5 Å². The molecular weight excluding hydrogens is 250 g/mol. The maximum Gasteiger partial charge on any atom is 0.205 e. The van der Waals surface area contributed by atoms with Gasteiger partial charge in [-0.25, -0.2) is 9.56 Å². The zero-order chi connectivity index (χ0) is 13.9. The van der Waals surface area contributed by atoms with Gasteiger partial charge < -0.3 is 9.30 Å². The molecule has 1 aromatic heterocycles. The molecule has 1 aromatic carbocycles. The Kier molecular flexibility index (Phi) is 2.19. The summed E-state index contributed by atoms with van der Waals surface area (Å²) in [6.45, 7) is 2.12. The average Bonchev–Trinajstić information content (AvgIpc) is 3.06. The van der Waals surface area contributed by atoms with Crippen LogP contribution in [0, 0.1) is 6.92 Å². The van der Waals surface area contributed by atoms with Gasteiger partial charge in [-0.2, -0.15) is 0 Å². The number of fused-ring (bicyclic) bond motifs is 6. The Bertz CT molecular complexity index is 783. The topological polar surface area (TPSA) is 30.1 Å². The molecule has 0 bridgehead atoms. The third kappa shape index (κ3) is 1.26. The van der Waals surface area contributed by atoms with Gasteiger partial charge in [0.05, 0.1) is 18.4 Å². The van der Waals surface area contributed by atoms with Crippen LogP contribution < -0.4 is 4.74 Å². The Balaban J connectivity index is 2.12. The molecule has 20 heavy (non-hydrogen) atoms. The number of allylic oxidation sites excluding steroid dienone is 1. The second kappa shape index (κ2) is 3.82. The first-order valence-corrected chi connectivity index (χ1v) is 6.72. The fourth-order valence-electron chi connectivity index (χ4n) is 3.32. The van der Waals surface area contributed by atoms with Crippen LogP contribution in [-0.4, -0.2) is 34.0 Å². The third-order valence-electron chi connectivity index (χ3n) is 4.25. The number of ether oxygens (including phenoxy) is 1. The Morgan fingerprint density at radius 2 is 2.20 bits per heavy atom. The summed E-state index contributed by atoms with van der Waals surface area (Å²) in [5.41, 5.74) is 4.90. The predicted molar refractivity (Wildman–Crippen MR) is 77.0 cm³/mol. The van der Waals surface area contributed by atoms with Gasteiger partial charge in [-0.3, -0.25) is 0 Å².